The molecule has 0 radical (unpaired) electrons. The first kappa shape index (κ1) is 12.5. The number of H-pyrrole nitrogens is 1. The van der Waals surface area contributed by atoms with E-state index in [1.54, 1.807) is 6.92 Å². The van der Waals surface area contributed by atoms with Gasteiger partial charge in [-0.25, -0.2) is 4.79 Å². The van der Waals surface area contributed by atoms with Gasteiger partial charge in [0.05, 0.1) is 15.9 Å². The topological polar surface area (TPSA) is 55.0 Å². The highest BCUT2D eigenvalue weighted by atomic mass is 127. The molecule has 15 heavy (non-hydrogen) atoms. The number of aromatic amines is 1. The van der Waals surface area contributed by atoms with Gasteiger partial charge in [0.25, 0.3) is 0 Å². The zero-order chi connectivity index (χ0) is 11.6. The van der Waals surface area contributed by atoms with Gasteiger partial charge in [-0.15, -0.1) is 0 Å². The van der Waals surface area contributed by atoms with E-state index in [4.69, 9.17) is 4.74 Å². The van der Waals surface area contributed by atoms with E-state index in [2.05, 4.69) is 53.6 Å². The number of nitrogens with one attached hydrogen (secondary N) is 1. The van der Waals surface area contributed by atoms with Crippen LogP contribution in [0.25, 0.3) is 0 Å². The van der Waals surface area contributed by atoms with Crippen molar-refractivity contribution < 1.29 is 9.53 Å². The zero-order valence-electron chi connectivity index (χ0n) is 9.35. The largest absolute Gasteiger partial charge is 0.461 e. The van der Waals surface area contributed by atoms with E-state index in [1.807, 2.05) is 0 Å². The number of rotatable bonds is 2. The minimum atomic E-state index is -0.343. The Morgan fingerprint density at radius 1 is 1.53 bits per heavy atom. The molecule has 0 unspecified atom stereocenters. The summed E-state index contributed by atoms with van der Waals surface area (Å²) in [7, 11) is 0. The minimum Gasteiger partial charge on any atom is -0.461 e. The van der Waals surface area contributed by atoms with E-state index in [0.29, 0.717) is 12.3 Å². The quantitative estimate of drug-likeness (QED) is 0.672. The average molecular weight is 322 g/mol. The van der Waals surface area contributed by atoms with Crippen molar-refractivity contribution in [2.24, 2.45) is 0 Å². The summed E-state index contributed by atoms with van der Waals surface area (Å²) < 4.78 is 5.77. The third-order valence-corrected chi connectivity index (χ3v) is 2.95. The van der Waals surface area contributed by atoms with Crippen molar-refractivity contribution in [3.8, 4) is 0 Å². The van der Waals surface area contributed by atoms with Crippen LogP contribution in [-0.4, -0.2) is 22.8 Å². The lowest BCUT2D eigenvalue weighted by atomic mass is 9.92. The monoisotopic (exact) mass is 322 g/mol. The molecular formula is C10H15IN2O2. The summed E-state index contributed by atoms with van der Waals surface area (Å²) >= 11 is 2.12. The van der Waals surface area contributed by atoms with Crippen molar-refractivity contribution in [1.82, 2.24) is 10.2 Å². The highest BCUT2D eigenvalue weighted by molar-refractivity contribution is 14.1. The van der Waals surface area contributed by atoms with E-state index < -0.39 is 0 Å². The van der Waals surface area contributed by atoms with E-state index in [-0.39, 0.29) is 11.4 Å². The number of halogens is 1. The molecule has 0 saturated carbocycles. The van der Waals surface area contributed by atoms with Gasteiger partial charge in [-0.2, -0.15) is 5.10 Å². The summed E-state index contributed by atoms with van der Waals surface area (Å²) in [4.78, 5) is 11.5. The molecule has 0 aliphatic heterocycles. The minimum absolute atomic E-state index is 0.0717. The molecule has 4 nitrogen and oxygen atoms in total. The first-order valence-corrected chi connectivity index (χ1v) is 5.87. The standard InChI is InChI=1S/C10H15IN2O2/c1-5-15-9(14)7-6(11)8(13-12-7)10(2,3)4/h5H2,1-4H3,(H,12,13). The summed E-state index contributed by atoms with van der Waals surface area (Å²) in [5.74, 6) is -0.343. The van der Waals surface area contributed by atoms with Crippen LogP contribution in [-0.2, 0) is 10.2 Å². The molecule has 5 heteroatoms. The fourth-order valence-electron chi connectivity index (χ4n) is 1.16. The highest BCUT2D eigenvalue weighted by Gasteiger charge is 2.25. The fourth-order valence-corrected chi connectivity index (χ4v) is 2.43. The molecule has 0 amide bonds. The van der Waals surface area contributed by atoms with Gasteiger partial charge < -0.3 is 4.74 Å². The van der Waals surface area contributed by atoms with E-state index in [9.17, 15) is 4.79 Å². The first-order chi connectivity index (χ1) is 6.88. The maximum Gasteiger partial charge on any atom is 0.357 e. The van der Waals surface area contributed by atoms with Gasteiger partial charge in [0, 0.05) is 5.41 Å². The van der Waals surface area contributed by atoms with E-state index >= 15 is 0 Å². The maximum absolute atomic E-state index is 11.5. The highest BCUT2D eigenvalue weighted by Crippen LogP contribution is 2.27. The van der Waals surface area contributed by atoms with Gasteiger partial charge >= 0.3 is 5.97 Å². The summed E-state index contributed by atoms with van der Waals surface area (Å²) in [6.45, 7) is 8.32. The number of aromatic nitrogens is 2. The molecule has 0 atom stereocenters. The lowest BCUT2D eigenvalue weighted by molar-refractivity contribution is 0.0518. The van der Waals surface area contributed by atoms with Crippen LogP contribution < -0.4 is 0 Å². The maximum atomic E-state index is 11.5. The smallest absolute Gasteiger partial charge is 0.357 e. The van der Waals surface area contributed by atoms with E-state index in [0.717, 1.165) is 9.26 Å². The number of nitrogens with zero attached hydrogens (tertiary/aromatic N) is 1. The number of hydrogen-bond acceptors (Lipinski definition) is 3. The van der Waals surface area contributed by atoms with Crippen LogP contribution in [0.1, 0.15) is 43.9 Å². The Labute approximate surface area is 103 Å². The Kier molecular flexibility index (Phi) is 3.75. The Hall–Kier alpha value is -0.590. The number of hydrogen-bond donors (Lipinski definition) is 1. The Bertz CT molecular complexity index is 366. The molecule has 0 fully saturated rings. The lowest BCUT2D eigenvalue weighted by Gasteiger charge is -2.15. The predicted molar refractivity (Wildman–Crippen MR) is 66.0 cm³/mol. The Morgan fingerprint density at radius 3 is 2.53 bits per heavy atom. The molecular weight excluding hydrogens is 307 g/mol. The van der Waals surface area contributed by atoms with Crippen molar-refractivity contribution >= 4 is 28.6 Å². The molecule has 0 aromatic carbocycles. The second-order valence-electron chi connectivity index (χ2n) is 4.23. The molecule has 1 aromatic rings. The van der Waals surface area contributed by atoms with Crippen LogP contribution in [0.15, 0.2) is 0 Å². The second-order valence-corrected chi connectivity index (χ2v) is 5.31. The van der Waals surface area contributed by atoms with Crippen LogP contribution in [0, 0.1) is 3.57 Å². The van der Waals surface area contributed by atoms with Crippen LogP contribution in [0.3, 0.4) is 0 Å². The van der Waals surface area contributed by atoms with Crippen LogP contribution in [0.5, 0.6) is 0 Å². The molecule has 0 saturated heterocycles. The third-order valence-electron chi connectivity index (χ3n) is 1.90. The number of carbonyl (C=O) groups excluding carboxylic acids is 1. The van der Waals surface area contributed by atoms with Crippen molar-refractivity contribution in [2.75, 3.05) is 6.61 Å². The van der Waals surface area contributed by atoms with Gasteiger partial charge in [0.1, 0.15) is 0 Å². The Morgan fingerprint density at radius 2 is 2.13 bits per heavy atom. The van der Waals surface area contributed by atoms with Crippen molar-refractivity contribution in [3.63, 3.8) is 0 Å². The molecule has 0 bridgehead atoms. The van der Waals surface area contributed by atoms with Gasteiger partial charge in [-0.05, 0) is 29.5 Å². The average Bonchev–Trinajstić information content (AvgIpc) is 2.46. The molecule has 1 rings (SSSR count). The molecule has 84 valence electrons. The lowest BCUT2D eigenvalue weighted by Crippen LogP contribution is -2.14. The third kappa shape index (κ3) is 2.70. The molecule has 0 aliphatic rings. The summed E-state index contributed by atoms with van der Waals surface area (Å²) in [6.07, 6.45) is 0. The molecule has 1 N–H and O–H groups in total. The summed E-state index contributed by atoms with van der Waals surface area (Å²) in [6, 6.07) is 0. The van der Waals surface area contributed by atoms with Crippen molar-refractivity contribution in [2.45, 2.75) is 33.1 Å². The van der Waals surface area contributed by atoms with Crippen molar-refractivity contribution in [1.29, 1.82) is 0 Å². The van der Waals surface area contributed by atoms with Crippen LogP contribution >= 0.6 is 22.6 Å². The van der Waals surface area contributed by atoms with Gasteiger partial charge in [-0.1, -0.05) is 20.8 Å². The number of carbonyl (C=O) groups is 1. The van der Waals surface area contributed by atoms with Gasteiger partial charge in [-0.3, -0.25) is 5.10 Å². The van der Waals surface area contributed by atoms with Crippen LogP contribution in [0.4, 0.5) is 0 Å². The SMILES string of the molecule is CCOC(=O)c1[nH]nc(C(C)(C)C)c1I. The van der Waals surface area contributed by atoms with Crippen molar-refractivity contribution in [3.05, 3.63) is 15.0 Å². The zero-order valence-corrected chi connectivity index (χ0v) is 11.5. The normalized spacial score (nSPS) is 11.5. The van der Waals surface area contributed by atoms with Gasteiger partial charge in [0.2, 0.25) is 0 Å². The summed E-state index contributed by atoms with van der Waals surface area (Å²) in [5, 5.41) is 6.89. The predicted octanol–water partition coefficient (Wildman–Crippen LogP) is 2.49. The first-order valence-electron chi connectivity index (χ1n) is 4.79. The number of ether oxygens (including phenoxy) is 1. The summed E-state index contributed by atoms with van der Waals surface area (Å²) in [5.41, 5.74) is 1.27. The molecule has 1 heterocycles. The second kappa shape index (κ2) is 4.51. The molecule has 1 aromatic heterocycles. The van der Waals surface area contributed by atoms with Gasteiger partial charge in [0.15, 0.2) is 5.69 Å². The molecule has 0 spiro atoms. The van der Waals surface area contributed by atoms with Crippen LogP contribution in [0.2, 0.25) is 0 Å². The molecule has 0 aliphatic carbocycles. The fraction of sp³-hybridized carbons (Fsp3) is 0.600. The Balaban J connectivity index is 3.04. The number of esters is 1. The van der Waals surface area contributed by atoms with E-state index in [1.165, 1.54) is 0 Å².